The number of rotatable bonds is 3. The third kappa shape index (κ3) is 2.25. The van der Waals surface area contributed by atoms with Crippen LogP contribution in [0, 0.1) is 5.82 Å². The Kier molecular flexibility index (Phi) is 3.14. The van der Waals surface area contributed by atoms with Crippen molar-refractivity contribution in [2.24, 2.45) is 0 Å². The molecule has 0 amide bonds. The highest BCUT2D eigenvalue weighted by molar-refractivity contribution is 5.82. The van der Waals surface area contributed by atoms with Crippen molar-refractivity contribution in [3.8, 4) is 0 Å². The molecule has 4 heteroatoms. The number of aliphatic carboxylic acids is 1. The fraction of sp³-hybridized carbons (Fsp3) is 0.188. The molecule has 102 valence electrons. The first-order valence-corrected chi connectivity index (χ1v) is 6.47. The van der Waals surface area contributed by atoms with Gasteiger partial charge in [-0.15, -0.1) is 0 Å². The van der Waals surface area contributed by atoms with Gasteiger partial charge in [0.2, 0.25) is 0 Å². The summed E-state index contributed by atoms with van der Waals surface area (Å²) >= 11 is 0. The second-order valence-corrected chi connectivity index (χ2v) is 4.94. The Bertz CT molecular complexity index is 656. The molecule has 0 radical (unpaired) electrons. The Hall–Kier alpha value is -2.36. The quantitative estimate of drug-likeness (QED) is 0.933. The average molecular weight is 271 g/mol. The lowest BCUT2D eigenvalue weighted by Crippen LogP contribution is -2.38. The Labute approximate surface area is 116 Å². The van der Waals surface area contributed by atoms with Crippen LogP contribution in [0.1, 0.15) is 11.1 Å². The summed E-state index contributed by atoms with van der Waals surface area (Å²) in [5.41, 5.74) is 2.72. The first-order valence-electron chi connectivity index (χ1n) is 6.47. The highest BCUT2D eigenvalue weighted by atomic mass is 19.1. The van der Waals surface area contributed by atoms with Gasteiger partial charge in [-0.05, 0) is 29.3 Å². The van der Waals surface area contributed by atoms with E-state index in [1.165, 1.54) is 12.1 Å². The molecule has 1 unspecified atom stereocenters. The van der Waals surface area contributed by atoms with E-state index in [4.69, 9.17) is 0 Å². The van der Waals surface area contributed by atoms with Gasteiger partial charge in [-0.3, -0.25) is 0 Å². The van der Waals surface area contributed by atoms with Crippen LogP contribution in [-0.2, 0) is 17.8 Å². The topological polar surface area (TPSA) is 40.5 Å². The van der Waals surface area contributed by atoms with Gasteiger partial charge in [-0.2, -0.15) is 0 Å². The Balaban J connectivity index is 1.94. The van der Waals surface area contributed by atoms with Crippen LogP contribution in [0.15, 0.2) is 48.5 Å². The molecule has 20 heavy (non-hydrogen) atoms. The van der Waals surface area contributed by atoms with Gasteiger partial charge in [0.1, 0.15) is 11.9 Å². The van der Waals surface area contributed by atoms with Gasteiger partial charge in [0, 0.05) is 18.7 Å². The summed E-state index contributed by atoms with van der Waals surface area (Å²) < 4.78 is 13.3. The van der Waals surface area contributed by atoms with Gasteiger partial charge < -0.3 is 10.0 Å². The second-order valence-electron chi connectivity index (χ2n) is 4.94. The Morgan fingerprint density at radius 1 is 1.25 bits per heavy atom. The number of carboxylic acid groups (broad SMARTS) is 1. The van der Waals surface area contributed by atoms with Crippen molar-refractivity contribution in [3.63, 3.8) is 0 Å². The fourth-order valence-electron chi connectivity index (χ4n) is 2.70. The molecule has 0 bridgehead atoms. The van der Waals surface area contributed by atoms with Crippen LogP contribution in [-0.4, -0.2) is 17.1 Å². The Morgan fingerprint density at radius 3 is 2.80 bits per heavy atom. The molecule has 1 aliphatic rings. The summed E-state index contributed by atoms with van der Waals surface area (Å²) in [7, 11) is 0. The lowest BCUT2D eigenvalue weighted by Gasteiger charge is -2.24. The molecule has 0 saturated heterocycles. The number of hydrogen-bond donors (Lipinski definition) is 1. The number of anilines is 1. The number of fused-ring (bicyclic) bond motifs is 1. The summed E-state index contributed by atoms with van der Waals surface area (Å²) in [6.07, 6.45) is 0.487. The smallest absolute Gasteiger partial charge is 0.326 e. The van der Waals surface area contributed by atoms with Gasteiger partial charge in [-0.25, -0.2) is 9.18 Å². The molecule has 0 aliphatic carbocycles. The second kappa shape index (κ2) is 4.96. The molecule has 1 aliphatic heterocycles. The number of para-hydroxylation sites is 1. The van der Waals surface area contributed by atoms with Gasteiger partial charge in [-0.1, -0.05) is 30.3 Å². The standard InChI is InChI=1S/C16H14FNO2/c17-13-6-3-4-11(8-13)10-18-14-7-2-1-5-12(14)9-15(18)16(19)20/h1-8,15H,9-10H2,(H,19,20). The normalized spacial score (nSPS) is 17.1. The molecule has 0 fully saturated rings. The van der Waals surface area contributed by atoms with Crippen LogP contribution in [0.4, 0.5) is 10.1 Å². The van der Waals surface area contributed by atoms with Crippen LogP contribution in [0.25, 0.3) is 0 Å². The van der Waals surface area contributed by atoms with Gasteiger partial charge >= 0.3 is 5.97 Å². The van der Waals surface area contributed by atoms with Crippen molar-refractivity contribution in [2.75, 3.05) is 4.90 Å². The SMILES string of the molecule is O=C(O)C1Cc2ccccc2N1Cc1cccc(F)c1. The predicted octanol–water partition coefficient (Wildman–Crippen LogP) is 2.84. The molecule has 3 rings (SSSR count). The predicted molar refractivity (Wildman–Crippen MR) is 74.2 cm³/mol. The molecule has 2 aromatic rings. The van der Waals surface area contributed by atoms with E-state index < -0.39 is 12.0 Å². The zero-order valence-corrected chi connectivity index (χ0v) is 10.8. The fourth-order valence-corrected chi connectivity index (χ4v) is 2.70. The van der Waals surface area contributed by atoms with Crippen molar-refractivity contribution < 1.29 is 14.3 Å². The van der Waals surface area contributed by atoms with E-state index in [1.807, 2.05) is 35.2 Å². The monoisotopic (exact) mass is 271 g/mol. The summed E-state index contributed by atoms with van der Waals surface area (Å²) in [4.78, 5) is 13.2. The molecule has 0 saturated carbocycles. The third-order valence-corrected chi connectivity index (χ3v) is 3.62. The summed E-state index contributed by atoms with van der Waals surface area (Å²) in [5.74, 6) is -1.15. The lowest BCUT2D eigenvalue weighted by molar-refractivity contribution is -0.138. The number of benzene rings is 2. The first-order chi connectivity index (χ1) is 9.65. The maximum atomic E-state index is 13.3. The molecular weight excluding hydrogens is 257 g/mol. The third-order valence-electron chi connectivity index (χ3n) is 3.62. The summed E-state index contributed by atoms with van der Waals surface area (Å²) in [5, 5.41) is 9.37. The molecule has 1 heterocycles. The molecular formula is C16H14FNO2. The van der Waals surface area contributed by atoms with E-state index in [2.05, 4.69) is 0 Å². The van der Waals surface area contributed by atoms with Crippen molar-refractivity contribution in [2.45, 2.75) is 19.0 Å². The lowest BCUT2D eigenvalue weighted by atomic mass is 10.1. The molecule has 1 atom stereocenters. The van der Waals surface area contributed by atoms with Crippen molar-refractivity contribution in [3.05, 3.63) is 65.5 Å². The van der Waals surface area contributed by atoms with E-state index in [0.29, 0.717) is 13.0 Å². The van der Waals surface area contributed by atoms with E-state index in [-0.39, 0.29) is 5.82 Å². The van der Waals surface area contributed by atoms with Gasteiger partial charge in [0.15, 0.2) is 0 Å². The van der Waals surface area contributed by atoms with E-state index in [0.717, 1.165) is 16.8 Å². The van der Waals surface area contributed by atoms with Crippen molar-refractivity contribution in [1.82, 2.24) is 0 Å². The first kappa shape index (κ1) is 12.7. The number of nitrogens with zero attached hydrogens (tertiary/aromatic N) is 1. The average Bonchev–Trinajstić information content (AvgIpc) is 2.78. The van der Waals surface area contributed by atoms with E-state index in [1.54, 1.807) is 6.07 Å². The number of hydrogen-bond acceptors (Lipinski definition) is 2. The van der Waals surface area contributed by atoms with Crippen LogP contribution in [0.2, 0.25) is 0 Å². The summed E-state index contributed by atoms with van der Waals surface area (Å²) in [6.45, 7) is 0.395. The molecule has 1 N–H and O–H groups in total. The van der Waals surface area contributed by atoms with Crippen molar-refractivity contribution >= 4 is 11.7 Å². The van der Waals surface area contributed by atoms with Gasteiger partial charge in [0.05, 0.1) is 0 Å². The van der Waals surface area contributed by atoms with Crippen LogP contribution in [0.5, 0.6) is 0 Å². The minimum Gasteiger partial charge on any atom is -0.480 e. The van der Waals surface area contributed by atoms with Crippen LogP contribution < -0.4 is 4.90 Å². The zero-order chi connectivity index (χ0) is 14.1. The van der Waals surface area contributed by atoms with Gasteiger partial charge in [0.25, 0.3) is 0 Å². The van der Waals surface area contributed by atoms with E-state index in [9.17, 15) is 14.3 Å². The number of halogens is 1. The molecule has 2 aromatic carbocycles. The molecule has 3 nitrogen and oxygen atoms in total. The number of carbonyl (C=O) groups is 1. The highest BCUT2D eigenvalue weighted by Gasteiger charge is 2.33. The summed E-state index contributed by atoms with van der Waals surface area (Å²) in [6, 6.07) is 13.3. The maximum absolute atomic E-state index is 13.3. The Morgan fingerprint density at radius 2 is 2.05 bits per heavy atom. The van der Waals surface area contributed by atoms with Crippen LogP contribution in [0.3, 0.4) is 0 Å². The van der Waals surface area contributed by atoms with Crippen LogP contribution >= 0.6 is 0 Å². The highest BCUT2D eigenvalue weighted by Crippen LogP contribution is 2.33. The largest absolute Gasteiger partial charge is 0.480 e. The minimum atomic E-state index is -0.849. The van der Waals surface area contributed by atoms with E-state index >= 15 is 0 Å². The molecule has 0 spiro atoms. The minimum absolute atomic E-state index is 0.304. The number of carboxylic acids is 1. The van der Waals surface area contributed by atoms with Crippen molar-refractivity contribution in [1.29, 1.82) is 0 Å². The maximum Gasteiger partial charge on any atom is 0.326 e. The molecule has 0 aromatic heterocycles. The zero-order valence-electron chi connectivity index (χ0n) is 10.8.